The molecule has 2 rings (SSSR count). The topological polar surface area (TPSA) is 57.6 Å². The van der Waals surface area contributed by atoms with Gasteiger partial charge in [0, 0.05) is 24.8 Å². The van der Waals surface area contributed by atoms with E-state index in [1.165, 1.54) is 0 Å². The molecule has 0 spiro atoms. The van der Waals surface area contributed by atoms with Gasteiger partial charge in [-0.15, -0.1) is 0 Å². The van der Waals surface area contributed by atoms with E-state index in [-0.39, 0.29) is 17.7 Å². The molecule has 4 nitrogen and oxygen atoms in total. The van der Waals surface area contributed by atoms with Crippen molar-refractivity contribution in [3.63, 3.8) is 0 Å². The van der Waals surface area contributed by atoms with Gasteiger partial charge in [0.25, 0.3) is 0 Å². The van der Waals surface area contributed by atoms with Gasteiger partial charge in [0.05, 0.1) is 5.92 Å². The summed E-state index contributed by atoms with van der Waals surface area (Å²) in [6.07, 6.45) is 1.57. The normalized spacial score (nSPS) is 30.8. The van der Waals surface area contributed by atoms with Crippen LogP contribution in [0.25, 0.3) is 0 Å². The second kappa shape index (κ2) is 4.43. The Bertz CT molecular complexity index is 276. The molecule has 2 atom stereocenters. The number of aliphatic carboxylic acids is 1. The van der Waals surface area contributed by atoms with E-state index in [4.69, 9.17) is 5.11 Å². The molecule has 2 heterocycles. The first kappa shape index (κ1) is 10.8. The van der Waals surface area contributed by atoms with Crippen LogP contribution in [0.1, 0.15) is 12.8 Å². The number of carboxylic acids is 1. The fraction of sp³-hybridized carbons (Fsp3) is 0.800. The minimum Gasteiger partial charge on any atom is -0.481 e. The van der Waals surface area contributed by atoms with E-state index in [9.17, 15) is 9.59 Å². The molecule has 2 aliphatic heterocycles. The fourth-order valence-corrected chi connectivity index (χ4v) is 3.36. The number of nitrogens with zero attached hydrogens (tertiary/aromatic N) is 1. The molecule has 2 saturated heterocycles. The minimum absolute atomic E-state index is 0.141. The van der Waals surface area contributed by atoms with Crippen molar-refractivity contribution in [2.75, 3.05) is 24.6 Å². The first-order valence-corrected chi connectivity index (χ1v) is 6.43. The average Bonchev–Trinajstić information content (AvgIpc) is 2.88. The number of likely N-dealkylation sites (tertiary alicyclic amines) is 1. The number of hydrogen-bond acceptors (Lipinski definition) is 3. The molecule has 0 bridgehead atoms. The van der Waals surface area contributed by atoms with Gasteiger partial charge in [-0.1, -0.05) is 0 Å². The van der Waals surface area contributed by atoms with E-state index in [1.54, 1.807) is 4.90 Å². The van der Waals surface area contributed by atoms with Crippen molar-refractivity contribution in [2.24, 2.45) is 11.8 Å². The second-order valence-electron chi connectivity index (χ2n) is 4.17. The molecule has 0 aromatic rings. The summed E-state index contributed by atoms with van der Waals surface area (Å²) in [5.74, 6) is 1.17. The van der Waals surface area contributed by atoms with Crippen LogP contribution in [0.3, 0.4) is 0 Å². The van der Waals surface area contributed by atoms with E-state index in [0.717, 1.165) is 17.9 Å². The highest BCUT2D eigenvalue weighted by Crippen LogP contribution is 2.27. The monoisotopic (exact) mass is 229 g/mol. The van der Waals surface area contributed by atoms with Crippen molar-refractivity contribution in [2.45, 2.75) is 12.8 Å². The minimum atomic E-state index is -0.772. The van der Waals surface area contributed by atoms with Crippen molar-refractivity contribution in [1.82, 2.24) is 4.90 Å². The predicted octanol–water partition coefficient (Wildman–Crippen LogP) is 0.673. The molecule has 15 heavy (non-hydrogen) atoms. The van der Waals surface area contributed by atoms with Crippen LogP contribution in [0.2, 0.25) is 0 Å². The Kier molecular flexibility index (Phi) is 3.19. The number of rotatable bonds is 2. The first-order chi connectivity index (χ1) is 7.18. The summed E-state index contributed by atoms with van der Waals surface area (Å²) < 4.78 is 0. The lowest BCUT2D eigenvalue weighted by Crippen LogP contribution is -2.35. The summed E-state index contributed by atoms with van der Waals surface area (Å²) in [6, 6.07) is 0. The highest BCUT2D eigenvalue weighted by molar-refractivity contribution is 7.99. The van der Waals surface area contributed by atoms with Gasteiger partial charge in [-0.2, -0.15) is 11.8 Å². The van der Waals surface area contributed by atoms with Crippen molar-refractivity contribution in [3.8, 4) is 0 Å². The van der Waals surface area contributed by atoms with Crippen molar-refractivity contribution in [1.29, 1.82) is 0 Å². The van der Waals surface area contributed by atoms with Crippen molar-refractivity contribution >= 4 is 23.6 Å². The van der Waals surface area contributed by atoms with E-state index < -0.39 is 5.97 Å². The van der Waals surface area contributed by atoms with Crippen molar-refractivity contribution < 1.29 is 14.7 Å². The number of amides is 1. The Morgan fingerprint density at radius 2 is 2.07 bits per heavy atom. The lowest BCUT2D eigenvalue weighted by molar-refractivity contribution is -0.141. The molecular weight excluding hydrogens is 214 g/mol. The van der Waals surface area contributed by atoms with E-state index in [2.05, 4.69) is 0 Å². The molecule has 1 N–H and O–H groups in total. The summed E-state index contributed by atoms with van der Waals surface area (Å²) in [5, 5.41) is 8.84. The summed E-state index contributed by atoms with van der Waals surface area (Å²) >= 11 is 1.81. The zero-order chi connectivity index (χ0) is 10.8. The van der Waals surface area contributed by atoms with Crippen molar-refractivity contribution in [3.05, 3.63) is 0 Å². The molecule has 0 aromatic heterocycles. The third-order valence-electron chi connectivity index (χ3n) is 3.13. The van der Waals surface area contributed by atoms with Crippen LogP contribution in [0.15, 0.2) is 0 Å². The van der Waals surface area contributed by atoms with Gasteiger partial charge in [-0.3, -0.25) is 9.59 Å². The molecule has 0 aromatic carbocycles. The Hall–Kier alpha value is -0.710. The summed E-state index contributed by atoms with van der Waals surface area (Å²) in [5.41, 5.74) is 0. The second-order valence-corrected chi connectivity index (χ2v) is 5.32. The standard InChI is InChI=1S/C10H15NO3S/c12-9(8-2-4-15-6-8)11-3-1-7(5-11)10(13)14/h7-8H,1-6H2,(H,13,14). The molecule has 5 heteroatoms. The highest BCUT2D eigenvalue weighted by Gasteiger charge is 2.34. The number of carbonyl (C=O) groups excluding carboxylic acids is 1. The molecule has 2 aliphatic rings. The molecule has 2 fully saturated rings. The zero-order valence-corrected chi connectivity index (χ0v) is 9.33. The maximum absolute atomic E-state index is 11.9. The molecule has 0 radical (unpaired) electrons. The Morgan fingerprint density at radius 3 is 2.60 bits per heavy atom. The van der Waals surface area contributed by atoms with E-state index >= 15 is 0 Å². The van der Waals surface area contributed by atoms with Gasteiger partial charge in [-0.25, -0.2) is 0 Å². The third kappa shape index (κ3) is 2.27. The Labute approximate surface area is 93.0 Å². The van der Waals surface area contributed by atoms with E-state index in [0.29, 0.717) is 19.5 Å². The summed E-state index contributed by atoms with van der Waals surface area (Å²) in [4.78, 5) is 24.4. The Morgan fingerprint density at radius 1 is 1.27 bits per heavy atom. The average molecular weight is 229 g/mol. The van der Waals surface area contributed by atoms with Gasteiger partial charge < -0.3 is 10.0 Å². The van der Waals surface area contributed by atoms with Gasteiger partial charge in [-0.05, 0) is 18.6 Å². The van der Waals surface area contributed by atoms with Crippen LogP contribution in [0.5, 0.6) is 0 Å². The fourth-order valence-electron chi connectivity index (χ4n) is 2.15. The number of carbonyl (C=O) groups is 2. The van der Waals surface area contributed by atoms with Crippen LogP contribution in [0, 0.1) is 11.8 Å². The lowest BCUT2D eigenvalue weighted by Gasteiger charge is -2.19. The third-order valence-corrected chi connectivity index (χ3v) is 4.29. The first-order valence-electron chi connectivity index (χ1n) is 5.28. The van der Waals surface area contributed by atoms with Gasteiger partial charge in [0.2, 0.25) is 5.91 Å². The van der Waals surface area contributed by atoms with Gasteiger partial charge in [0.15, 0.2) is 0 Å². The zero-order valence-electron chi connectivity index (χ0n) is 8.52. The number of hydrogen-bond donors (Lipinski definition) is 1. The predicted molar refractivity (Wildman–Crippen MR) is 57.8 cm³/mol. The number of carboxylic acid groups (broad SMARTS) is 1. The van der Waals surface area contributed by atoms with Gasteiger partial charge in [0.1, 0.15) is 0 Å². The molecule has 0 aliphatic carbocycles. The molecule has 1 amide bonds. The highest BCUT2D eigenvalue weighted by atomic mass is 32.2. The largest absolute Gasteiger partial charge is 0.481 e. The summed E-state index contributed by atoms with van der Waals surface area (Å²) in [6.45, 7) is 1.03. The molecule has 2 unspecified atom stereocenters. The molecule has 84 valence electrons. The van der Waals surface area contributed by atoms with Crippen LogP contribution in [-0.4, -0.2) is 46.5 Å². The molecule has 0 saturated carbocycles. The van der Waals surface area contributed by atoms with Crippen LogP contribution in [0.4, 0.5) is 0 Å². The smallest absolute Gasteiger partial charge is 0.308 e. The van der Waals surface area contributed by atoms with Crippen LogP contribution in [-0.2, 0) is 9.59 Å². The Balaban J connectivity index is 1.89. The quantitative estimate of drug-likeness (QED) is 0.756. The van der Waals surface area contributed by atoms with E-state index in [1.807, 2.05) is 11.8 Å². The molecular formula is C10H15NO3S. The van der Waals surface area contributed by atoms with Crippen LogP contribution < -0.4 is 0 Å². The maximum atomic E-state index is 11.9. The SMILES string of the molecule is O=C(O)C1CCN(C(=O)C2CCSC2)C1. The lowest BCUT2D eigenvalue weighted by atomic mass is 10.1. The van der Waals surface area contributed by atoms with Crippen LogP contribution >= 0.6 is 11.8 Å². The number of thioether (sulfide) groups is 1. The summed E-state index contributed by atoms with van der Waals surface area (Å²) in [7, 11) is 0. The maximum Gasteiger partial charge on any atom is 0.308 e. The van der Waals surface area contributed by atoms with Gasteiger partial charge >= 0.3 is 5.97 Å².